The number of nitro benzene ring substituents is 1. The number of hydrogen-bond donors (Lipinski definition) is 0. The largest absolute Gasteiger partial charge is 0.493 e. The van der Waals surface area contributed by atoms with Crippen LogP contribution in [0.5, 0.6) is 11.5 Å². The van der Waals surface area contributed by atoms with Crippen molar-refractivity contribution in [1.82, 2.24) is 0 Å². The fourth-order valence-electron chi connectivity index (χ4n) is 1.99. The van der Waals surface area contributed by atoms with Crippen LogP contribution >= 0.6 is 22.6 Å². The third-order valence-electron chi connectivity index (χ3n) is 3.15. The molecular formula is C17H16INO5. The maximum absolute atomic E-state index is 10.7. The first-order valence-electron chi connectivity index (χ1n) is 6.97. The highest BCUT2D eigenvalue weighted by Crippen LogP contribution is 2.34. The smallest absolute Gasteiger partial charge is 0.269 e. The lowest BCUT2D eigenvalue weighted by atomic mass is 10.1. The van der Waals surface area contributed by atoms with Gasteiger partial charge in [0.15, 0.2) is 18.3 Å². The Balaban J connectivity index is 2.22. The summed E-state index contributed by atoms with van der Waals surface area (Å²) in [6, 6.07) is 10.2. The number of nitro groups is 1. The first-order chi connectivity index (χ1) is 11.5. The number of methoxy groups -OCH3 is 2. The van der Waals surface area contributed by atoms with Crippen LogP contribution in [0.15, 0.2) is 36.4 Å². The average molecular weight is 441 g/mol. The molecule has 0 radical (unpaired) electrons. The van der Waals surface area contributed by atoms with E-state index in [1.165, 1.54) is 12.1 Å². The van der Waals surface area contributed by atoms with E-state index in [9.17, 15) is 10.1 Å². The standard InChI is InChI=1S/C17H16INO5/c1-22-11-24-17-15(18)9-13(10-16(17)23-2)4-3-12-5-7-14(8-6-12)19(20)21/h3-10H,11H2,1-2H3. The molecule has 0 spiro atoms. The molecule has 24 heavy (non-hydrogen) atoms. The fourth-order valence-corrected chi connectivity index (χ4v) is 2.77. The molecule has 126 valence electrons. The summed E-state index contributed by atoms with van der Waals surface area (Å²) in [4.78, 5) is 10.2. The predicted molar refractivity (Wildman–Crippen MR) is 100 cm³/mol. The van der Waals surface area contributed by atoms with Crippen molar-refractivity contribution in [3.05, 3.63) is 61.2 Å². The third kappa shape index (κ3) is 4.68. The van der Waals surface area contributed by atoms with Crippen LogP contribution in [0.3, 0.4) is 0 Å². The molecule has 6 nitrogen and oxygen atoms in total. The molecule has 7 heteroatoms. The molecule has 0 aliphatic heterocycles. The zero-order valence-electron chi connectivity index (χ0n) is 13.2. The number of rotatable bonds is 7. The summed E-state index contributed by atoms with van der Waals surface area (Å²) >= 11 is 2.17. The molecule has 0 aromatic heterocycles. The summed E-state index contributed by atoms with van der Waals surface area (Å²) in [6.07, 6.45) is 3.79. The molecule has 0 amide bonds. The maximum Gasteiger partial charge on any atom is 0.269 e. The van der Waals surface area contributed by atoms with E-state index < -0.39 is 4.92 Å². The van der Waals surface area contributed by atoms with Crippen LogP contribution < -0.4 is 9.47 Å². The third-order valence-corrected chi connectivity index (χ3v) is 3.95. The van der Waals surface area contributed by atoms with E-state index in [-0.39, 0.29) is 12.5 Å². The summed E-state index contributed by atoms with van der Waals surface area (Å²) in [5, 5.41) is 10.7. The van der Waals surface area contributed by atoms with Gasteiger partial charge in [0.2, 0.25) is 0 Å². The van der Waals surface area contributed by atoms with Crippen molar-refractivity contribution >= 4 is 40.4 Å². The quantitative estimate of drug-likeness (QED) is 0.210. The normalized spacial score (nSPS) is 10.8. The lowest BCUT2D eigenvalue weighted by Gasteiger charge is -2.12. The van der Waals surface area contributed by atoms with Crippen LogP contribution in [0.25, 0.3) is 12.2 Å². The van der Waals surface area contributed by atoms with E-state index in [0.717, 1.165) is 14.7 Å². The van der Waals surface area contributed by atoms with Crippen LogP contribution in [0.1, 0.15) is 11.1 Å². The molecule has 0 fully saturated rings. The van der Waals surface area contributed by atoms with E-state index in [2.05, 4.69) is 22.6 Å². The van der Waals surface area contributed by atoms with Gasteiger partial charge in [-0.15, -0.1) is 0 Å². The van der Waals surface area contributed by atoms with E-state index >= 15 is 0 Å². The van der Waals surface area contributed by atoms with Gasteiger partial charge in [-0.05, 0) is 58.0 Å². The minimum absolute atomic E-state index is 0.0722. The summed E-state index contributed by atoms with van der Waals surface area (Å²) in [6.45, 7) is 0.143. The summed E-state index contributed by atoms with van der Waals surface area (Å²) in [5.74, 6) is 1.25. The molecular weight excluding hydrogens is 425 g/mol. The van der Waals surface area contributed by atoms with Crippen molar-refractivity contribution in [3.8, 4) is 11.5 Å². The Morgan fingerprint density at radius 3 is 2.38 bits per heavy atom. The van der Waals surface area contributed by atoms with Gasteiger partial charge in [0.1, 0.15) is 0 Å². The lowest BCUT2D eigenvalue weighted by Crippen LogP contribution is -2.02. The van der Waals surface area contributed by atoms with Crippen LogP contribution in [0, 0.1) is 13.7 Å². The first kappa shape index (κ1) is 18.2. The van der Waals surface area contributed by atoms with Crippen molar-refractivity contribution < 1.29 is 19.1 Å². The van der Waals surface area contributed by atoms with Gasteiger partial charge in [0, 0.05) is 19.2 Å². The Hall–Kier alpha value is -2.13. The number of ether oxygens (including phenoxy) is 3. The van der Waals surface area contributed by atoms with E-state index in [1.807, 2.05) is 24.3 Å². The molecule has 0 saturated heterocycles. The summed E-state index contributed by atoms with van der Waals surface area (Å²) in [5.41, 5.74) is 1.87. The highest BCUT2D eigenvalue weighted by atomic mass is 127. The van der Waals surface area contributed by atoms with Gasteiger partial charge in [-0.3, -0.25) is 10.1 Å². The van der Waals surface area contributed by atoms with Crippen molar-refractivity contribution in [2.24, 2.45) is 0 Å². The number of hydrogen-bond acceptors (Lipinski definition) is 5. The Kier molecular flexibility index (Phi) is 6.56. The van der Waals surface area contributed by atoms with Gasteiger partial charge in [-0.2, -0.15) is 0 Å². The van der Waals surface area contributed by atoms with E-state index in [4.69, 9.17) is 14.2 Å². The van der Waals surface area contributed by atoms with Crippen molar-refractivity contribution in [1.29, 1.82) is 0 Å². The van der Waals surface area contributed by atoms with Crippen LogP contribution in [-0.2, 0) is 4.74 Å². The topological polar surface area (TPSA) is 70.8 Å². The molecule has 0 aliphatic carbocycles. The molecule has 0 bridgehead atoms. The van der Waals surface area contributed by atoms with Gasteiger partial charge >= 0.3 is 0 Å². The summed E-state index contributed by atoms with van der Waals surface area (Å²) in [7, 11) is 3.13. The molecule has 0 atom stereocenters. The Bertz CT molecular complexity index is 743. The Morgan fingerprint density at radius 2 is 1.79 bits per heavy atom. The number of nitrogens with zero attached hydrogens (tertiary/aromatic N) is 1. The van der Waals surface area contributed by atoms with Crippen molar-refractivity contribution in [2.45, 2.75) is 0 Å². The second-order valence-electron chi connectivity index (χ2n) is 4.77. The molecule has 0 N–H and O–H groups in total. The molecule has 0 unspecified atom stereocenters. The van der Waals surface area contributed by atoms with E-state index in [0.29, 0.717) is 11.5 Å². The first-order valence-corrected chi connectivity index (χ1v) is 8.05. The number of non-ortho nitro benzene ring substituents is 1. The van der Waals surface area contributed by atoms with Crippen LogP contribution in [0.2, 0.25) is 0 Å². The van der Waals surface area contributed by atoms with Crippen molar-refractivity contribution in [2.75, 3.05) is 21.0 Å². The number of benzene rings is 2. The predicted octanol–water partition coefficient (Wildman–Crippen LogP) is 4.36. The molecule has 0 heterocycles. The SMILES string of the molecule is COCOc1c(I)cc(C=Cc2ccc([N+](=O)[O-])cc2)cc1OC. The molecule has 0 saturated carbocycles. The minimum atomic E-state index is -0.417. The summed E-state index contributed by atoms with van der Waals surface area (Å²) < 4.78 is 16.7. The van der Waals surface area contributed by atoms with Gasteiger partial charge in [-0.25, -0.2) is 0 Å². The molecule has 0 aliphatic rings. The minimum Gasteiger partial charge on any atom is -0.493 e. The Labute approximate surface area is 153 Å². The monoisotopic (exact) mass is 441 g/mol. The number of halogens is 1. The van der Waals surface area contributed by atoms with Gasteiger partial charge in [-0.1, -0.05) is 12.2 Å². The van der Waals surface area contributed by atoms with Gasteiger partial charge in [0.05, 0.1) is 15.6 Å². The van der Waals surface area contributed by atoms with Gasteiger partial charge in [0.25, 0.3) is 5.69 Å². The van der Waals surface area contributed by atoms with Crippen molar-refractivity contribution in [3.63, 3.8) is 0 Å². The zero-order valence-corrected chi connectivity index (χ0v) is 15.3. The lowest BCUT2D eigenvalue weighted by molar-refractivity contribution is -0.384. The van der Waals surface area contributed by atoms with Gasteiger partial charge < -0.3 is 14.2 Å². The highest BCUT2D eigenvalue weighted by molar-refractivity contribution is 14.1. The average Bonchev–Trinajstić information content (AvgIpc) is 2.58. The molecule has 2 rings (SSSR count). The highest BCUT2D eigenvalue weighted by Gasteiger charge is 2.10. The fraction of sp³-hybridized carbons (Fsp3) is 0.176. The molecule has 2 aromatic carbocycles. The maximum atomic E-state index is 10.7. The second-order valence-corrected chi connectivity index (χ2v) is 5.93. The second kappa shape index (κ2) is 8.65. The van der Waals surface area contributed by atoms with Crippen LogP contribution in [0.4, 0.5) is 5.69 Å². The van der Waals surface area contributed by atoms with Crippen LogP contribution in [-0.4, -0.2) is 25.9 Å². The molecule has 2 aromatic rings. The van der Waals surface area contributed by atoms with E-state index in [1.54, 1.807) is 26.4 Å². The Morgan fingerprint density at radius 1 is 1.12 bits per heavy atom. The zero-order chi connectivity index (χ0) is 17.5.